The van der Waals surface area contributed by atoms with E-state index in [0.717, 1.165) is 13.8 Å². The van der Waals surface area contributed by atoms with Crippen LogP contribution < -0.4 is 0 Å². The van der Waals surface area contributed by atoms with E-state index in [1.165, 1.54) is 0 Å². The molecule has 18 heavy (non-hydrogen) atoms. The van der Waals surface area contributed by atoms with Crippen molar-refractivity contribution in [3.63, 3.8) is 0 Å². The summed E-state index contributed by atoms with van der Waals surface area (Å²) >= 11 is 0. The SMILES string of the molecule is CC(O[P+](=O)OC(C)OC(F)(F)F)OC(F)(F)F. The first kappa shape index (κ1) is 17.5. The number of halogens is 6. The quantitative estimate of drug-likeness (QED) is 0.427. The molecule has 0 aliphatic carbocycles. The maximum Gasteiger partial charge on any atom is 0.702 e. The molecule has 0 bridgehead atoms. The van der Waals surface area contributed by atoms with Crippen LogP contribution in [0.1, 0.15) is 13.8 Å². The molecule has 0 aromatic heterocycles. The Hall–Kier alpha value is -0.480. The summed E-state index contributed by atoms with van der Waals surface area (Å²) in [6, 6.07) is 0. The molecule has 5 nitrogen and oxygen atoms in total. The molecule has 0 spiro atoms. The van der Waals surface area contributed by atoms with Crippen molar-refractivity contribution < 1.29 is 49.4 Å². The van der Waals surface area contributed by atoms with Gasteiger partial charge in [-0.3, -0.25) is 9.47 Å². The van der Waals surface area contributed by atoms with E-state index < -0.39 is 33.6 Å². The lowest BCUT2D eigenvalue weighted by molar-refractivity contribution is -0.369. The van der Waals surface area contributed by atoms with Gasteiger partial charge in [0.25, 0.3) is 0 Å². The topological polar surface area (TPSA) is 54.0 Å². The highest BCUT2D eigenvalue weighted by molar-refractivity contribution is 7.33. The summed E-state index contributed by atoms with van der Waals surface area (Å²) in [6.45, 7) is 1.47. The summed E-state index contributed by atoms with van der Waals surface area (Å²) in [5, 5.41) is 0. The number of alkyl halides is 6. The van der Waals surface area contributed by atoms with Crippen LogP contribution in [-0.4, -0.2) is 25.3 Å². The van der Waals surface area contributed by atoms with Gasteiger partial charge in [0.1, 0.15) is 0 Å². The molecule has 0 saturated carbocycles. The third-order valence-electron chi connectivity index (χ3n) is 1.07. The van der Waals surface area contributed by atoms with E-state index in [4.69, 9.17) is 0 Å². The average molecular weight is 305 g/mol. The van der Waals surface area contributed by atoms with E-state index in [9.17, 15) is 30.9 Å². The maximum atomic E-state index is 11.6. The summed E-state index contributed by atoms with van der Waals surface area (Å²) in [4.78, 5) is 0. The van der Waals surface area contributed by atoms with Gasteiger partial charge in [-0.05, 0) is 13.8 Å². The lowest BCUT2D eigenvalue weighted by Gasteiger charge is -2.11. The van der Waals surface area contributed by atoms with Crippen molar-refractivity contribution in [2.45, 2.75) is 39.2 Å². The van der Waals surface area contributed by atoms with Crippen molar-refractivity contribution in [1.29, 1.82) is 0 Å². The highest BCUT2D eigenvalue weighted by Gasteiger charge is 2.40. The van der Waals surface area contributed by atoms with Crippen LogP contribution in [0.25, 0.3) is 0 Å². The van der Waals surface area contributed by atoms with Gasteiger partial charge in [-0.25, -0.2) is 0 Å². The van der Waals surface area contributed by atoms with E-state index in [0.29, 0.717) is 0 Å². The minimum absolute atomic E-state index is 0.735. The second-order valence-corrected chi connectivity index (χ2v) is 3.57. The summed E-state index contributed by atoms with van der Waals surface area (Å²) in [5.74, 6) is 0. The Balaban J connectivity index is 4.04. The zero-order chi connectivity index (χ0) is 14.6. The molecule has 0 amide bonds. The smallest absolute Gasteiger partial charge is 0.257 e. The fourth-order valence-corrected chi connectivity index (χ4v) is 1.31. The molecule has 0 N–H and O–H groups in total. The van der Waals surface area contributed by atoms with Crippen LogP contribution in [0.3, 0.4) is 0 Å². The van der Waals surface area contributed by atoms with Crippen molar-refractivity contribution in [3.8, 4) is 0 Å². The van der Waals surface area contributed by atoms with Gasteiger partial charge >= 0.3 is 21.0 Å². The zero-order valence-electron chi connectivity index (χ0n) is 8.91. The largest absolute Gasteiger partial charge is 0.702 e. The monoisotopic (exact) mass is 305 g/mol. The first-order valence-corrected chi connectivity index (χ1v) is 5.28. The van der Waals surface area contributed by atoms with E-state index in [1.807, 2.05) is 0 Å². The molecule has 0 aliphatic rings. The second kappa shape index (κ2) is 6.62. The van der Waals surface area contributed by atoms with E-state index >= 15 is 0 Å². The van der Waals surface area contributed by atoms with Gasteiger partial charge in [0.05, 0.1) is 0 Å². The molecule has 0 radical (unpaired) electrons. The summed E-state index contributed by atoms with van der Waals surface area (Å²) in [5.41, 5.74) is 0. The van der Waals surface area contributed by atoms with Crippen molar-refractivity contribution in [1.82, 2.24) is 0 Å². The molecule has 12 heteroatoms. The van der Waals surface area contributed by atoms with Crippen LogP contribution in [-0.2, 0) is 23.1 Å². The van der Waals surface area contributed by atoms with Crippen LogP contribution in [0.5, 0.6) is 0 Å². The molecule has 0 aromatic carbocycles. The van der Waals surface area contributed by atoms with Crippen LogP contribution in [0, 0.1) is 0 Å². The minimum atomic E-state index is -5.04. The van der Waals surface area contributed by atoms with Gasteiger partial charge in [-0.2, -0.15) is 0 Å². The predicted octanol–water partition coefficient (Wildman–Crippen LogP) is 3.44. The van der Waals surface area contributed by atoms with Crippen molar-refractivity contribution in [2.75, 3.05) is 0 Å². The second-order valence-electron chi connectivity index (χ2n) is 2.70. The summed E-state index contributed by atoms with van der Waals surface area (Å²) in [7, 11) is -3.27. The molecule has 2 atom stereocenters. The lowest BCUT2D eigenvalue weighted by atomic mass is 10.8. The average Bonchev–Trinajstić information content (AvgIpc) is 1.92. The molecule has 0 heterocycles. The standard InChI is InChI=1S/C6H8F6O5P/c1-3(14-5(7,8)9)16-18(13)17-4(2)15-6(10,11)12/h3-4H,1-2H3/q+1. The van der Waals surface area contributed by atoms with Gasteiger partial charge in [-0.1, -0.05) is 9.05 Å². The third-order valence-corrected chi connectivity index (χ3v) is 2.01. The zero-order valence-corrected chi connectivity index (χ0v) is 9.81. The molecular weight excluding hydrogens is 297 g/mol. The van der Waals surface area contributed by atoms with Crippen LogP contribution in [0.2, 0.25) is 0 Å². The van der Waals surface area contributed by atoms with Gasteiger partial charge in [0.15, 0.2) is 0 Å². The highest BCUT2D eigenvalue weighted by atomic mass is 31.1. The highest BCUT2D eigenvalue weighted by Crippen LogP contribution is 2.32. The molecule has 0 aliphatic heterocycles. The van der Waals surface area contributed by atoms with E-state index in [1.54, 1.807) is 0 Å². The van der Waals surface area contributed by atoms with Gasteiger partial charge in [0, 0.05) is 4.57 Å². The van der Waals surface area contributed by atoms with Gasteiger partial charge in [-0.15, -0.1) is 26.3 Å². The molecule has 2 unspecified atom stereocenters. The number of ether oxygens (including phenoxy) is 2. The van der Waals surface area contributed by atoms with Gasteiger partial charge < -0.3 is 0 Å². The maximum absolute atomic E-state index is 11.6. The molecule has 0 saturated heterocycles. The molecule has 0 aromatic rings. The normalized spacial score (nSPS) is 17.4. The van der Waals surface area contributed by atoms with E-state index in [2.05, 4.69) is 18.5 Å². The predicted molar refractivity (Wildman–Crippen MR) is 43.0 cm³/mol. The Morgan fingerprint density at radius 2 is 1.11 bits per heavy atom. The summed E-state index contributed by atoms with van der Waals surface area (Å²) < 4.78 is 95.1. The van der Waals surface area contributed by atoms with E-state index in [-0.39, 0.29) is 0 Å². The number of hydrogen-bond acceptors (Lipinski definition) is 5. The minimum Gasteiger partial charge on any atom is -0.257 e. The Labute approximate surface area is 97.9 Å². The van der Waals surface area contributed by atoms with Gasteiger partial charge in [0.2, 0.25) is 12.6 Å². The lowest BCUT2D eigenvalue weighted by Crippen LogP contribution is -2.24. The molecular formula is C6H8F6O5P+. The molecule has 108 valence electrons. The Morgan fingerprint density at radius 1 is 0.833 bits per heavy atom. The number of hydrogen-bond donors (Lipinski definition) is 0. The fourth-order valence-electron chi connectivity index (χ4n) is 0.687. The summed E-state index contributed by atoms with van der Waals surface area (Å²) in [6.07, 6.45) is -14.1. The van der Waals surface area contributed by atoms with Crippen LogP contribution >= 0.6 is 8.25 Å². The van der Waals surface area contributed by atoms with Crippen molar-refractivity contribution >= 4 is 8.25 Å². The molecule has 0 rings (SSSR count). The first-order valence-electron chi connectivity index (χ1n) is 4.19. The Bertz CT molecular complexity index is 253. The van der Waals surface area contributed by atoms with Crippen molar-refractivity contribution in [2.24, 2.45) is 0 Å². The Kier molecular flexibility index (Phi) is 6.44. The van der Waals surface area contributed by atoms with Crippen LogP contribution in [0.15, 0.2) is 0 Å². The fraction of sp³-hybridized carbons (Fsp3) is 1.00. The molecule has 0 fully saturated rings. The van der Waals surface area contributed by atoms with Crippen LogP contribution in [0.4, 0.5) is 26.3 Å². The third kappa shape index (κ3) is 10.7. The number of rotatable bonds is 6. The first-order chi connectivity index (χ1) is 7.89. The Morgan fingerprint density at radius 3 is 1.33 bits per heavy atom. The van der Waals surface area contributed by atoms with Crippen molar-refractivity contribution in [3.05, 3.63) is 0 Å².